The third-order valence-electron chi connectivity index (χ3n) is 2.34. The molecular formula is C11H22N2O2S2. The van der Waals surface area contributed by atoms with Crippen LogP contribution < -0.4 is 10.6 Å². The Morgan fingerprint density at radius 1 is 1.24 bits per heavy atom. The average molecular weight is 278 g/mol. The molecule has 0 fully saturated rings. The highest BCUT2D eigenvalue weighted by molar-refractivity contribution is 7.98. The second kappa shape index (κ2) is 10.8. The monoisotopic (exact) mass is 278 g/mol. The quantitative estimate of drug-likeness (QED) is 0.588. The van der Waals surface area contributed by atoms with Gasteiger partial charge in [0, 0.05) is 6.04 Å². The molecule has 0 heterocycles. The number of carbonyl (C=O) groups is 2. The lowest BCUT2D eigenvalue weighted by Gasteiger charge is -2.19. The van der Waals surface area contributed by atoms with Crippen molar-refractivity contribution in [2.24, 2.45) is 0 Å². The van der Waals surface area contributed by atoms with E-state index in [0.717, 1.165) is 17.9 Å². The lowest BCUT2D eigenvalue weighted by atomic mass is 10.2. The fraction of sp³-hybridized carbons (Fsp3) is 0.818. The molecule has 100 valence electrons. The second-order valence-corrected chi connectivity index (χ2v) is 5.78. The summed E-state index contributed by atoms with van der Waals surface area (Å²) in [6, 6.07) is -0.253. The lowest BCUT2D eigenvalue weighted by Crippen LogP contribution is -2.47. The van der Waals surface area contributed by atoms with Crippen molar-refractivity contribution < 1.29 is 9.59 Å². The Kier molecular flexibility index (Phi) is 10.5. The van der Waals surface area contributed by atoms with E-state index in [1.54, 1.807) is 23.5 Å². The first-order valence-corrected chi connectivity index (χ1v) is 8.42. The smallest absolute Gasteiger partial charge is 0.242 e. The van der Waals surface area contributed by atoms with Gasteiger partial charge in [0.1, 0.15) is 6.04 Å². The van der Waals surface area contributed by atoms with Gasteiger partial charge in [0.05, 0.1) is 0 Å². The van der Waals surface area contributed by atoms with E-state index in [1.165, 1.54) is 0 Å². The summed E-state index contributed by atoms with van der Waals surface area (Å²) >= 11 is 3.43. The molecule has 0 aliphatic rings. The zero-order valence-corrected chi connectivity index (χ0v) is 12.3. The molecule has 2 unspecified atom stereocenters. The van der Waals surface area contributed by atoms with Crippen LogP contribution in [0.25, 0.3) is 0 Å². The molecule has 0 aliphatic carbocycles. The van der Waals surface area contributed by atoms with Gasteiger partial charge in [-0.25, -0.2) is 0 Å². The number of amides is 2. The van der Waals surface area contributed by atoms with Gasteiger partial charge in [0.15, 0.2) is 0 Å². The second-order valence-electron chi connectivity index (χ2n) is 3.81. The summed E-state index contributed by atoms with van der Waals surface area (Å²) in [6.07, 6.45) is 6.24. The van der Waals surface area contributed by atoms with Gasteiger partial charge in [-0.15, -0.1) is 0 Å². The van der Waals surface area contributed by atoms with Crippen LogP contribution in [0.15, 0.2) is 0 Å². The minimum absolute atomic E-state index is 0.0836. The Labute approximate surface area is 112 Å². The van der Waals surface area contributed by atoms with E-state index in [2.05, 4.69) is 10.6 Å². The number of carbonyl (C=O) groups excluding carboxylic acids is 2. The summed E-state index contributed by atoms with van der Waals surface area (Å²) in [7, 11) is 0. The van der Waals surface area contributed by atoms with Crippen molar-refractivity contribution >= 4 is 35.8 Å². The molecule has 0 rings (SSSR count). The molecule has 0 aromatic carbocycles. The molecular weight excluding hydrogens is 256 g/mol. The SMILES string of the molecule is CSCCC(C)NC(=O)C(CCSC)NC=O. The van der Waals surface area contributed by atoms with Gasteiger partial charge >= 0.3 is 0 Å². The van der Waals surface area contributed by atoms with Crippen LogP contribution in [0, 0.1) is 0 Å². The van der Waals surface area contributed by atoms with E-state index in [9.17, 15) is 9.59 Å². The minimum Gasteiger partial charge on any atom is -0.352 e. The molecule has 0 aliphatic heterocycles. The maximum atomic E-state index is 11.9. The highest BCUT2D eigenvalue weighted by atomic mass is 32.2. The van der Waals surface area contributed by atoms with E-state index in [0.29, 0.717) is 12.8 Å². The van der Waals surface area contributed by atoms with Crippen molar-refractivity contribution in [3.63, 3.8) is 0 Å². The van der Waals surface area contributed by atoms with E-state index in [-0.39, 0.29) is 11.9 Å². The minimum atomic E-state index is -0.406. The zero-order chi connectivity index (χ0) is 13.1. The van der Waals surface area contributed by atoms with Crippen LogP contribution in [0.2, 0.25) is 0 Å². The average Bonchev–Trinajstić information content (AvgIpc) is 2.31. The standard InChI is InChI=1S/C11H22N2O2S2/c1-9(4-6-16-2)13-11(15)10(12-8-14)5-7-17-3/h8-10H,4-7H2,1-3H3,(H,12,14)(H,13,15). The Balaban J connectivity index is 4.06. The van der Waals surface area contributed by atoms with Crippen molar-refractivity contribution in [2.45, 2.75) is 31.8 Å². The summed E-state index contributed by atoms with van der Waals surface area (Å²) in [5, 5.41) is 5.49. The summed E-state index contributed by atoms with van der Waals surface area (Å²) in [4.78, 5) is 22.3. The topological polar surface area (TPSA) is 58.2 Å². The Morgan fingerprint density at radius 3 is 2.35 bits per heavy atom. The molecule has 2 amide bonds. The first-order chi connectivity index (χ1) is 8.15. The molecule has 2 N–H and O–H groups in total. The number of hydrogen-bond donors (Lipinski definition) is 2. The number of hydrogen-bond acceptors (Lipinski definition) is 4. The molecule has 2 atom stereocenters. The van der Waals surface area contributed by atoms with Gasteiger partial charge in [0.2, 0.25) is 12.3 Å². The van der Waals surface area contributed by atoms with Gasteiger partial charge in [-0.2, -0.15) is 23.5 Å². The van der Waals surface area contributed by atoms with Crippen molar-refractivity contribution in [3.8, 4) is 0 Å². The zero-order valence-electron chi connectivity index (χ0n) is 10.7. The molecule has 0 saturated carbocycles. The first-order valence-electron chi connectivity index (χ1n) is 5.63. The van der Waals surface area contributed by atoms with Crippen LogP contribution in [0.3, 0.4) is 0 Å². The van der Waals surface area contributed by atoms with Crippen LogP contribution in [-0.4, -0.2) is 48.4 Å². The molecule has 0 saturated heterocycles. The van der Waals surface area contributed by atoms with Crippen LogP contribution in [0.5, 0.6) is 0 Å². The molecule has 0 aromatic heterocycles. The van der Waals surface area contributed by atoms with E-state index >= 15 is 0 Å². The summed E-state index contributed by atoms with van der Waals surface area (Å²) in [5.41, 5.74) is 0. The van der Waals surface area contributed by atoms with E-state index in [4.69, 9.17) is 0 Å². The van der Waals surface area contributed by atoms with Crippen molar-refractivity contribution in [3.05, 3.63) is 0 Å². The number of thioether (sulfide) groups is 2. The fourth-order valence-electron chi connectivity index (χ4n) is 1.32. The molecule has 4 nitrogen and oxygen atoms in total. The van der Waals surface area contributed by atoms with E-state index in [1.807, 2.05) is 19.4 Å². The Morgan fingerprint density at radius 2 is 1.82 bits per heavy atom. The summed E-state index contributed by atoms with van der Waals surface area (Å²) in [6.45, 7) is 1.99. The molecule has 0 radical (unpaired) electrons. The lowest BCUT2D eigenvalue weighted by molar-refractivity contribution is -0.125. The molecule has 0 bridgehead atoms. The highest BCUT2D eigenvalue weighted by Crippen LogP contribution is 2.03. The molecule has 0 spiro atoms. The molecule has 6 heteroatoms. The Hall–Kier alpha value is -0.360. The van der Waals surface area contributed by atoms with Crippen LogP contribution >= 0.6 is 23.5 Å². The summed E-state index contributed by atoms with van der Waals surface area (Å²) < 4.78 is 0. The largest absolute Gasteiger partial charge is 0.352 e. The van der Waals surface area contributed by atoms with Crippen molar-refractivity contribution in [1.29, 1.82) is 0 Å². The van der Waals surface area contributed by atoms with Gasteiger partial charge in [-0.3, -0.25) is 9.59 Å². The Bertz CT molecular complexity index is 228. The van der Waals surface area contributed by atoms with Gasteiger partial charge < -0.3 is 10.6 Å². The van der Waals surface area contributed by atoms with Crippen LogP contribution in [0.4, 0.5) is 0 Å². The highest BCUT2D eigenvalue weighted by Gasteiger charge is 2.18. The molecule has 0 aromatic rings. The van der Waals surface area contributed by atoms with E-state index < -0.39 is 6.04 Å². The first kappa shape index (κ1) is 16.6. The summed E-state index contributed by atoms with van der Waals surface area (Å²) in [5.74, 6) is 1.80. The molecule has 17 heavy (non-hydrogen) atoms. The van der Waals surface area contributed by atoms with Gasteiger partial charge in [-0.1, -0.05) is 0 Å². The number of nitrogens with one attached hydrogen (secondary N) is 2. The fourth-order valence-corrected chi connectivity index (χ4v) is 2.38. The van der Waals surface area contributed by atoms with Crippen LogP contribution in [0.1, 0.15) is 19.8 Å². The van der Waals surface area contributed by atoms with Gasteiger partial charge in [0.25, 0.3) is 0 Å². The third-order valence-corrected chi connectivity index (χ3v) is 3.63. The van der Waals surface area contributed by atoms with Crippen molar-refractivity contribution in [1.82, 2.24) is 10.6 Å². The third kappa shape index (κ3) is 8.37. The number of rotatable bonds is 10. The van der Waals surface area contributed by atoms with Gasteiger partial charge in [-0.05, 0) is 43.8 Å². The van der Waals surface area contributed by atoms with Crippen LogP contribution in [-0.2, 0) is 9.59 Å². The maximum absolute atomic E-state index is 11.9. The predicted octanol–water partition coefficient (Wildman–Crippen LogP) is 1.11. The predicted molar refractivity (Wildman–Crippen MR) is 76.6 cm³/mol. The van der Waals surface area contributed by atoms with Crippen molar-refractivity contribution in [2.75, 3.05) is 24.0 Å². The normalized spacial score (nSPS) is 13.8. The maximum Gasteiger partial charge on any atom is 0.242 e.